The van der Waals surface area contributed by atoms with Gasteiger partial charge in [-0.2, -0.15) is 13.2 Å². The van der Waals surface area contributed by atoms with Crippen molar-refractivity contribution in [1.82, 2.24) is 0 Å². The van der Waals surface area contributed by atoms with E-state index in [-0.39, 0.29) is 17.9 Å². The Labute approximate surface area is 97.4 Å². The number of hydrogen-bond donors (Lipinski definition) is 1. The van der Waals surface area contributed by atoms with Crippen molar-refractivity contribution in [2.75, 3.05) is 5.75 Å². The molecule has 0 fully saturated rings. The summed E-state index contributed by atoms with van der Waals surface area (Å²) in [4.78, 5) is -0.690. The third-order valence-corrected chi connectivity index (χ3v) is 4.09. The fourth-order valence-corrected chi connectivity index (χ4v) is 2.45. The zero-order valence-corrected chi connectivity index (χ0v) is 9.90. The van der Waals surface area contributed by atoms with Gasteiger partial charge in [-0.15, -0.1) is 0 Å². The van der Waals surface area contributed by atoms with Crippen LogP contribution in [0.3, 0.4) is 0 Å². The molecule has 3 nitrogen and oxygen atoms in total. The van der Waals surface area contributed by atoms with E-state index in [0.29, 0.717) is 0 Å². The van der Waals surface area contributed by atoms with Crippen LogP contribution in [0, 0.1) is 0 Å². The number of nitrogens with two attached hydrogens (primary N) is 1. The van der Waals surface area contributed by atoms with Crippen LogP contribution in [0.5, 0.6) is 0 Å². The SMILES string of the molecule is CCS(=O)(=O)c1ccc(CN)cc1C(F)(F)F. The molecule has 0 aliphatic heterocycles. The van der Waals surface area contributed by atoms with Gasteiger partial charge in [0.2, 0.25) is 0 Å². The Kier molecular flexibility index (Phi) is 3.83. The molecule has 0 bridgehead atoms. The highest BCUT2D eigenvalue weighted by molar-refractivity contribution is 7.91. The molecule has 0 aliphatic carbocycles. The first-order valence-electron chi connectivity index (χ1n) is 4.85. The van der Waals surface area contributed by atoms with Crippen molar-refractivity contribution in [2.24, 2.45) is 5.73 Å². The first kappa shape index (κ1) is 14.0. The van der Waals surface area contributed by atoms with Crippen LogP contribution in [0.15, 0.2) is 23.1 Å². The van der Waals surface area contributed by atoms with Gasteiger partial charge < -0.3 is 5.73 Å². The average molecular weight is 267 g/mol. The lowest BCUT2D eigenvalue weighted by Crippen LogP contribution is -2.15. The number of sulfone groups is 1. The van der Waals surface area contributed by atoms with E-state index in [1.807, 2.05) is 0 Å². The molecule has 1 aromatic carbocycles. The zero-order valence-electron chi connectivity index (χ0n) is 9.08. The summed E-state index contributed by atoms with van der Waals surface area (Å²) in [7, 11) is -3.90. The van der Waals surface area contributed by atoms with Crippen LogP contribution >= 0.6 is 0 Å². The molecule has 0 amide bonds. The van der Waals surface area contributed by atoms with Crippen LogP contribution in [0.4, 0.5) is 13.2 Å². The van der Waals surface area contributed by atoms with E-state index >= 15 is 0 Å². The molecule has 0 atom stereocenters. The fraction of sp³-hybridized carbons (Fsp3) is 0.400. The van der Waals surface area contributed by atoms with Gasteiger partial charge in [0, 0.05) is 6.54 Å². The van der Waals surface area contributed by atoms with E-state index < -0.39 is 26.5 Å². The Hall–Kier alpha value is -1.08. The molecule has 0 heterocycles. The van der Waals surface area contributed by atoms with E-state index in [0.717, 1.165) is 12.1 Å². The van der Waals surface area contributed by atoms with E-state index in [1.54, 1.807) is 0 Å². The Morgan fingerprint density at radius 2 is 1.88 bits per heavy atom. The van der Waals surface area contributed by atoms with Crippen LogP contribution in [0.25, 0.3) is 0 Å². The van der Waals surface area contributed by atoms with Gasteiger partial charge in [0.1, 0.15) is 0 Å². The van der Waals surface area contributed by atoms with Crippen molar-refractivity contribution in [1.29, 1.82) is 0 Å². The van der Waals surface area contributed by atoms with Gasteiger partial charge in [-0.3, -0.25) is 0 Å². The van der Waals surface area contributed by atoms with Crippen LogP contribution in [0.1, 0.15) is 18.1 Å². The molecule has 1 aromatic rings. The first-order chi connectivity index (χ1) is 7.72. The largest absolute Gasteiger partial charge is 0.417 e. The maximum absolute atomic E-state index is 12.7. The Bertz CT molecular complexity index is 509. The van der Waals surface area contributed by atoms with Gasteiger partial charge in [0.15, 0.2) is 9.84 Å². The van der Waals surface area contributed by atoms with Gasteiger partial charge in [0.05, 0.1) is 16.2 Å². The highest BCUT2D eigenvalue weighted by Gasteiger charge is 2.36. The highest BCUT2D eigenvalue weighted by Crippen LogP contribution is 2.35. The zero-order chi connectivity index (χ0) is 13.3. The summed E-state index contributed by atoms with van der Waals surface area (Å²) in [6, 6.07) is 3.03. The number of rotatable bonds is 3. The standard InChI is InChI=1S/C10H12F3NO2S/c1-2-17(15,16)9-4-3-7(6-14)5-8(9)10(11,12)13/h3-5H,2,6,14H2,1H3. The molecule has 0 saturated heterocycles. The first-order valence-corrected chi connectivity index (χ1v) is 6.50. The summed E-state index contributed by atoms with van der Waals surface area (Å²) in [6.07, 6.45) is -4.71. The molecule has 7 heteroatoms. The summed E-state index contributed by atoms with van der Waals surface area (Å²) in [5, 5.41) is 0. The van der Waals surface area contributed by atoms with Gasteiger partial charge in [0.25, 0.3) is 0 Å². The molecule has 2 N–H and O–H groups in total. The number of benzene rings is 1. The highest BCUT2D eigenvalue weighted by atomic mass is 32.2. The smallest absolute Gasteiger partial charge is 0.326 e. The van der Waals surface area contributed by atoms with E-state index in [4.69, 9.17) is 5.73 Å². The van der Waals surface area contributed by atoms with Crippen LogP contribution < -0.4 is 5.73 Å². The molecular weight excluding hydrogens is 255 g/mol. The van der Waals surface area contributed by atoms with Gasteiger partial charge in [-0.1, -0.05) is 13.0 Å². The van der Waals surface area contributed by atoms with E-state index in [1.165, 1.54) is 13.0 Å². The number of halogens is 3. The lowest BCUT2D eigenvalue weighted by atomic mass is 10.1. The Balaban J connectivity index is 3.52. The number of alkyl halides is 3. The number of hydrogen-bond acceptors (Lipinski definition) is 3. The second kappa shape index (κ2) is 4.66. The summed E-state index contributed by atoms with van der Waals surface area (Å²) < 4.78 is 61.3. The van der Waals surface area contributed by atoms with Crippen LogP contribution in [0.2, 0.25) is 0 Å². The molecule has 96 valence electrons. The fourth-order valence-electron chi connectivity index (χ4n) is 1.35. The van der Waals surface area contributed by atoms with Gasteiger partial charge >= 0.3 is 6.18 Å². The summed E-state index contributed by atoms with van der Waals surface area (Å²) >= 11 is 0. The monoisotopic (exact) mass is 267 g/mol. The Morgan fingerprint density at radius 1 is 1.29 bits per heavy atom. The molecule has 0 aromatic heterocycles. The molecule has 1 rings (SSSR count). The predicted molar refractivity (Wildman–Crippen MR) is 57.1 cm³/mol. The third kappa shape index (κ3) is 2.98. The van der Waals surface area contributed by atoms with E-state index in [2.05, 4.69) is 0 Å². The minimum atomic E-state index is -4.71. The van der Waals surface area contributed by atoms with Crippen molar-refractivity contribution in [3.63, 3.8) is 0 Å². The average Bonchev–Trinajstić information content (AvgIpc) is 2.27. The lowest BCUT2D eigenvalue weighted by molar-refractivity contribution is -0.139. The summed E-state index contributed by atoms with van der Waals surface area (Å²) in [5.41, 5.74) is 4.33. The molecule has 17 heavy (non-hydrogen) atoms. The van der Waals surface area contributed by atoms with Crippen LogP contribution in [-0.2, 0) is 22.6 Å². The van der Waals surface area contributed by atoms with Crippen molar-refractivity contribution in [2.45, 2.75) is 24.5 Å². The molecule has 0 radical (unpaired) electrons. The van der Waals surface area contributed by atoms with E-state index in [9.17, 15) is 21.6 Å². The van der Waals surface area contributed by atoms with Crippen molar-refractivity contribution in [3.05, 3.63) is 29.3 Å². The predicted octanol–water partition coefficient (Wildman–Crippen LogP) is 1.96. The van der Waals surface area contributed by atoms with Gasteiger partial charge in [-0.25, -0.2) is 8.42 Å². The maximum Gasteiger partial charge on any atom is 0.417 e. The van der Waals surface area contributed by atoms with Crippen LogP contribution in [-0.4, -0.2) is 14.2 Å². The van der Waals surface area contributed by atoms with Crippen molar-refractivity contribution in [3.8, 4) is 0 Å². The van der Waals surface area contributed by atoms with Gasteiger partial charge in [-0.05, 0) is 17.7 Å². The molecule has 0 spiro atoms. The molecule has 0 unspecified atom stereocenters. The molecule has 0 aliphatic rings. The molecule has 0 saturated carbocycles. The lowest BCUT2D eigenvalue weighted by Gasteiger charge is -2.13. The summed E-state index contributed by atoms with van der Waals surface area (Å²) in [6.45, 7) is 1.22. The quantitative estimate of drug-likeness (QED) is 0.910. The Morgan fingerprint density at radius 3 is 2.29 bits per heavy atom. The van der Waals surface area contributed by atoms with Crippen molar-refractivity contribution >= 4 is 9.84 Å². The topological polar surface area (TPSA) is 60.2 Å². The molecular formula is C10H12F3NO2S. The maximum atomic E-state index is 12.7. The summed E-state index contributed by atoms with van der Waals surface area (Å²) in [5.74, 6) is -0.377. The third-order valence-electron chi connectivity index (χ3n) is 2.30. The second-order valence-electron chi connectivity index (χ2n) is 3.44. The van der Waals surface area contributed by atoms with Crippen molar-refractivity contribution < 1.29 is 21.6 Å². The second-order valence-corrected chi connectivity index (χ2v) is 5.68. The normalized spacial score (nSPS) is 12.8. The minimum Gasteiger partial charge on any atom is -0.326 e. The minimum absolute atomic E-state index is 0.0739.